The minimum Gasteiger partial charge on any atom is -0.486 e. The molecule has 3 aromatic rings. The molecule has 27 heavy (non-hydrogen) atoms. The molecular weight excluding hydrogens is 362 g/mol. The van der Waals surface area contributed by atoms with Crippen molar-refractivity contribution in [3.63, 3.8) is 0 Å². The molecule has 0 N–H and O–H groups in total. The van der Waals surface area contributed by atoms with Gasteiger partial charge < -0.3 is 18.8 Å². The molecule has 0 saturated carbocycles. The van der Waals surface area contributed by atoms with E-state index in [4.69, 9.17) is 13.9 Å². The van der Waals surface area contributed by atoms with Crippen LogP contribution in [0.4, 0.5) is 0 Å². The van der Waals surface area contributed by atoms with Crippen LogP contribution in [-0.2, 0) is 17.9 Å². The zero-order valence-corrected chi connectivity index (χ0v) is 15.5. The lowest BCUT2D eigenvalue weighted by Gasteiger charge is -2.19. The van der Waals surface area contributed by atoms with Gasteiger partial charge in [0, 0.05) is 11.0 Å². The van der Waals surface area contributed by atoms with E-state index in [0.29, 0.717) is 32.1 Å². The number of amides is 1. The second-order valence-electron chi connectivity index (χ2n) is 6.09. The predicted octanol–water partition coefficient (Wildman–Crippen LogP) is 4.35. The first-order chi connectivity index (χ1) is 13.3. The van der Waals surface area contributed by atoms with Crippen LogP contribution >= 0.6 is 11.3 Å². The van der Waals surface area contributed by atoms with Gasteiger partial charge in [0.05, 0.1) is 19.4 Å². The minimum absolute atomic E-state index is 0.0744. The first-order valence-corrected chi connectivity index (χ1v) is 9.57. The highest BCUT2D eigenvalue weighted by Crippen LogP contribution is 2.31. The summed E-state index contributed by atoms with van der Waals surface area (Å²) in [6.07, 6.45) is 5.00. The summed E-state index contributed by atoms with van der Waals surface area (Å²) >= 11 is 1.63. The summed E-state index contributed by atoms with van der Waals surface area (Å²) in [4.78, 5) is 15.7. The molecule has 1 aliphatic heterocycles. The Morgan fingerprint density at radius 1 is 1.07 bits per heavy atom. The zero-order valence-electron chi connectivity index (χ0n) is 14.7. The van der Waals surface area contributed by atoms with Crippen molar-refractivity contribution in [2.75, 3.05) is 13.2 Å². The number of fused-ring (bicyclic) bond motifs is 1. The van der Waals surface area contributed by atoms with Crippen molar-refractivity contribution in [2.24, 2.45) is 0 Å². The van der Waals surface area contributed by atoms with E-state index in [-0.39, 0.29) is 5.91 Å². The van der Waals surface area contributed by atoms with Crippen molar-refractivity contribution in [1.29, 1.82) is 0 Å². The molecule has 0 unspecified atom stereocenters. The van der Waals surface area contributed by atoms with Gasteiger partial charge in [0.15, 0.2) is 11.5 Å². The third-order valence-electron chi connectivity index (χ3n) is 4.15. The zero-order chi connectivity index (χ0) is 18.5. The van der Waals surface area contributed by atoms with Gasteiger partial charge in [-0.1, -0.05) is 12.1 Å². The normalized spacial score (nSPS) is 13.0. The van der Waals surface area contributed by atoms with E-state index in [1.54, 1.807) is 34.7 Å². The molecule has 0 atom stereocenters. The van der Waals surface area contributed by atoms with Gasteiger partial charge in [-0.05, 0) is 47.4 Å². The Kier molecular flexibility index (Phi) is 5.25. The van der Waals surface area contributed by atoms with Crippen LogP contribution in [0.15, 0.2) is 64.6 Å². The van der Waals surface area contributed by atoms with E-state index in [1.807, 2.05) is 47.8 Å². The van der Waals surface area contributed by atoms with Crippen LogP contribution in [0.1, 0.15) is 16.2 Å². The molecule has 4 rings (SSSR count). The van der Waals surface area contributed by atoms with Crippen molar-refractivity contribution in [3.05, 3.63) is 76.4 Å². The number of nitrogens with zero attached hydrogens (tertiary/aromatic N) is 1. The van der Waals surface area contributed by atoms with Crippen LogP contribution in [-0.4, -0.2) is 24.0 Å². The van der Waals surface area contributed by atoms with Gasteiger partial charge >= 0.3 is 0 Å². The highest BCUT2D eigenvalue weighted by molar-refractivity contribution is 7.09. The fourth-order valence-corrected chi connectivity index (χ4v) is 3.55. The first-order valence-electron chi connectivity index (χ1n) is 8.69. The topological polar surface area (TPSA) is 51.9 Å². The third-order valence-corrected chi connectivity index (χ3v) is 5.01. The number of hydrogen-bond donors (Lipinski definition) is 0. The fraction of sp³-hybridized carbons (Fsp3) is 0.190. The molecule has 0 saturated heterocycles. The average Bonchev–Trinajstić information content (AvgIpc) is 3.39. The van der Waals surface area contributed by atoms with Crippen LogP contribution < -0.4 is 9.47 Å². The summed E-state index contributed by atoms with van der Waals surface area (Å²) in [5, 5.41) is 2.01. The molecule has 5 nitrogen and oxygen atoms in total. The summed E-state index contributed by atoms with van der Waals surface area (Å²) < 4.78 is 16.5. The number of benzene rings is 1. The summed E-state index contributed by atoms with van der Waals surface area (Å²) in [7, 11) is 0. The summed E-state index contributed by atoms with van der Waals surface area (Å²) in [5.74, 6) is 2.13. The molecule has 138 valence electrons. The third kappa shape index (κ3) is 4.41. The average molecular weight is 381 g/mol. The Bertz CT molecular complexity index is 880. The second-order valence-corrected chi connectivity index (χ2v) is 7.12. The lowest BCUT2D eigenvalue weighted by Crippen LogP contribution is -2.27. The number of rotatable bonds is 6. The van der Waals surface area contributed by atoms with Gasteiger partial charge in [-0.25, -0.2) is 0 Å². The van der Waals surface area contributed by atoms with E-state index in [2.05, 4.69) is 0 Å². The van der Waals surface area contributed by atoms with Gasteiger partial charge in [0.1, 0.15) is 19.0 Å². The van der Waals surface area contributed by atoms with Crippen molar-refractivity contribution < 1.29 is 18.7 Å². The maximum absolute atomic E-state index is 12.8. The highest BCUT2D eigenvalue weighted by Gasteiger charge is 2.15. The first kappa shape index (κ1) is 17.4. The Morgan fingerprint density at radius 2 is 1.96 bits per heavy atom. The molecule has 0 bridgehead atoms. The molecule has 0 aliphatic carbocycles. The Labute approximate surface area is 161 Å². The van der Waals surface area contributed by atoms with Gasteiger partial charge in [-0.15, -0.1) is 11.3 Å². The molecule has 0 radical (unpaired) electrons. The number of carbonyl (C=O) groups is 1. The summed E-state index contributed by atoms with van der Waals surface area (Å²) in [5.41, 5.74) is 0.890. The van der Waals surface area contributed by atoms with Gasteiger partial charge in [-0.3, -0.25) is 4.79 Å². The Morgan fingerprint density at radius 3 is 2.74 bits per heavy atom. The van der Waals surface area contributed by atoms with Crippen LogP contribution in [0.25, 0.3) is 6.08 Å². The lowest BCUT2D eigenvalue weighted by molar-refractivity contribution is -0.127. The van der Waals surface area contributed by atoms with Gasteiger partial charge in [0.2, 0.25) is 5.91 Å². The summed E-state index contributed by atoms with van der Waals surface area (Å²) in [6.45, 7) is 2.07. The maximum atomic E-state index is 12.8. The number of hydrogen-bond acceptors (Lipinski definition) is 5. The van der Waals surface area contributed by atoms with E-state index in [0.717, 1.165) is 22.0 Å². The molecule has 1 aliphatic rings. The molecular formula is C21H19NO4S. The fourth-order valence-electron chi connectivity index (χ4n) is 2.83. The molecule has 1 amide bonds. The van der Waals surface area contributed by atoms with E-state index in [1.165, 1.54) is 0 Å². The van der Waals surface area contributed by atoms with Gasteiger partial charge in [0.25, 0.3) is 0 Å². The van der Waals surface area contributed by atoms with Crippen molar-refractivity contribution in [3.8, 4) is 11.5 Å². The van der Waals surface area contributed by atoms with Crippen molar-refractivity contribution in [2.45, 2.75) is 13.1 Å². The smallest absolute Gasteiger partial charge is 0.247 e. The molecule has 0 fully saturated rings. The minimum atomic E-state index is -0.0744. The Balaban J connectivity index is 1.49. The number of furan rings is 1. The van der Waals surface area contributed by atoms with Crippen molar-refractivity contribution in [1.82, 2.24) is 4.90 Å². The maximum Gasteiger partial charge on any atom is 0.247 e. The van der Waals surface area contributed by atoms with E-state index in [9.17, 15) is 4.79 Å². The molecule has 1 aromatic carbocycles. The standard InChI is InChI=1S/C21H19NO4S/c23-21(8-6-16-5-7-19-20(13-16)26-11-10-25-19)22(14-17-3-1-9-24-17)15-18-4-2-12-27-18/h1-9,12-13H,10-11,14-15H2. The van der Waals surface area contributed by atoms with Crippen LogP contribution in [0, 0.1) is 0 Å². The van der Waals surface area contributed by atoms with Crippen molar-refractivity contribution >= 4 is 23.3 Å². The van der Waals surface area contributed by atoms with E-state index < -0.39 is 0 Å². The lowest BCUT2D eigenvalue weighted by atomic mass is 10.1. The van der Waals surface area contributed by atoms with Crippen LogP contribution in [0.3, 0.4) is 0 Å². The number of thiophene rings is 1. The van der Waals surface area contributed by atoms with Crippen LogP contribution in [0.2, 0.25) is 0 Å². The molecule has 2 aromatic heterocycles. The van der Waals surface area contributed by atoms with E-state index >= 15 is 0 Å². The quantitative estimate of drug-likeness (QED) is 0.596. The number of carbonyl (C=O) groups excluding carboxylic acids is 1. The molecule has 0 spiro atoms. The SMILES string of the molecule is O=C(C=Cc1ccc2c(c1)OCCO2)N(Cc1ccco1)Cc1cccs1. The Hall–Kier alpha value is -2.99. The molecule has 3 heterocycles. The largest absolute Gasteiger partial charge is 0.486 e. The number of ether oxygens (including phenoxy) is 2. The van der Waals surface area contributed by atoms with Crippen LogP contribution in [0.5, 0.6) is 11.5 Å². The highest BCUT2D eigenvalue weighted by atomic mass is 32.1. The monoisotopic (exact) mass is 381 g/mol. The molecule has 6 heteroatoms. The second kappa shape index (κ2) is 8.14. The van der Waals surface area contributed by atoms with Gasteiger partial charge in [-0.2, -0.15) is 0 Å². The predicted molar refractivity (Wildman–Crippen MR) is 104 cm³/mol. The summed E-state index contributed by atoms with van der Waals surface area (Å²) in [6, 6.07) is 13.4.